The minimum atomic E-state index is -0.706. The van der Waals surface area contributed by atoms with Crippen LogP contribution in [0.25, 0.3) is 0 Å². The Kier molecular flexibility index (Phi) is 6.49. The molecule has 29 heavy (non-hydrogen) atoms. The standard InChI is InChI=1S/C21H20ClFN2O4/c1-24(12-15-5-2-3-6-17(15)23)20(27)13-29-21(28)14-8-9-16(22)18(11-14)25-10-4-7-19(25)26/h2-3,5-6,8-9,11H,4,7,10,12-13H2,1H3. The molecule has 2 aromatic carbocycles. The first-order valence-corrected chi connectivity index (χ1v) is 9.49. The summed E-state index contributed by atoms with van der Waals surface area (Å²) < 4.78 is 18.8. The fourth-order valence-electron chi connectivity index (χ4n) is 3.04. The normalized spacial score (nSPS) is 13.5. The lowest BCUT2D eigenvalue weighted by atomic mass is 10.2. The quantitative estimate of drug-likeness (QED) is 0.674. The molecule has 0 bridgehead atoms. The van der Waals surface area contributed by atoms with E-state index in [0.717, 1.165) is 6.42 Å². The van der Waals surface area contributed by atoms with Crippen LogP contribution in [-0.4, -0.2) is 42.9 Å². The molecule has 3 rings (SSSR count). The Bertz CT molecular complexity index is 950. The van der Waals surface area contributed by atoms with Gasteiger partial charge in [0.1, 0.15) is 5.82 Å². The van der Waals surface area contributed by atoms with Gasteiger partial charge in [-0.3, -0.25) is 9.59 Å². The van der Waals surface area contributed by atoms with Gasteiger partial charge in [0.15, 0.2) is 6.61 Å². The van der Waals surface area contributed by atoms with Gasteiger partial charge in [-0.1, -0.05) is 29.8 Å². The zero-order valence-corrected chi connectivity index (χ0v) is 16.6. The summed E-state index contributed by atoms with van der Waals surface area (Å²) in [5.74, 6) is -1.63. The van der Waals surface area contributed by atoms with Gasteiger partial charge in [-0.25, -0.2) is 9.18 Å². The Morgan fingerprint density at radius 1 is 1.24 bits per heavy atom. The number of amides is 2. The Balaban J connectivity index is 1.61. The van der Waals surface area contributed by atoms with E-state index in [1.165, 1.54) is 41.1 Å². The molecule has 1 fully saturated rings. The molecule has 2 amide bonds. The summed E-state index contributed by atoms with van der Waals surface area (Å²) in [6, 6.07) is 10.6. The lowest BCUT2D eigenvalue weighted by molar-refractivity contribution is -0.133. The first-order chi connectivity index (χ1) is 13.9. The number of anilines is 1. The first kappa shape index (κ1) is 20.8. The van der Waals surface area contributed by atoms with Crippen molar-refractivity contribution in [2.45, 2.75) is 19.4 Å². The number of ether oxygens (including phenoxy) is 1. The lowest BCUT2D eigenvalue weighted by Crippen LogP contribution is -2.31. The molecular formula is C21H20ClFN2O4. The predicted octanol–water partition coefficient (Wildman–Crippen LogP) is 3.42. The molecule has 152 valence electrons. The summed E-state index contributed by atoms with van der Waals surface area (Å²) in [4.78, 5) is 39.3. The number of hydrogen-bond donors (Lipinski definition) is 0. The molecule has 2 aromatic rings. The molecule has 0 saturated carbocycles. The van der Waals surface area contributed by atoms with Gasteiger partial charge in [0, 0.05) is 32.1 Å². The highest BCUT2D eigenvalue weighted by molar-refractivity contribution is 6.34. The zero-order chi connectivity index (χ0) is 21.0. The third-order valence-corrected chi connectivity index (χ3v) is 4.98. The molecule has 0 atom stereocenters. The third-order valence-electron chi connectivity index (χ3n) is 4.66. The summed E-state index contributed by atoms with van der Waals surface area (Å²) in [5.41, 5.74) is 1.01. The molecule has 0 spiro atoms. The van der Waals surface area contributed by atoms with Crippen LogP contribution in [0.2, 0.25) is 5.02 Å². The van der Waals surface area contributed by atoms with Crippen LogP contribution in [0.4, 0.5) is 10.1 Å². The van der Waals surface area contributed by atoms with Crippen molar-refractivity contribution in [3.63, 3.8) is 0 Å². The second-order valence-electron chi connectivity index (χ2n) is 6.73. The number of benzene rings is 2. The highest BCUT2D eigenvalue weighted by Gasteiger charge is 2.25. The molecule has 1 aliphatic heterocycles. The van der Waals surface area contributed by atoms with Crippen molar-refractivity contribution in [3.8, 4) is 0 Å². The van der Waals surface area contributed by atoms with E-state index in [1.54, 1.807) is 18.2 Å². The predicted molar refractivity (Wildman–Crippen MR) is 106 cm³/mol. The maximum Gasteiger partial charge on any atom is 0.338 e. The molecular weight excluding hydrogens is 399 g/mol. The van der Waals surface area contributed by atoms with Crippen LogP contribution in [-0.2, 0) is 20.9 Å². The van der Waals surface area contributed by atoms with Crippen molar-refractivity contribution in [2.24, 2.45) is 0 Å². The average molecular weight is 419 g/mol. The summed E-state index contributed by atoms with van der Waals surface area (Å²) >= 11 is 6.17. The second kappa shape index (κ2) is 9.05. The summed E-state index contributed by atoms with van der Waals surface area (Å²) in [5, 5.41) is 0.359. The minimum Gasteiger partial charge on any atom is -0.452 e. The molecule has 0 aromatic heterocycles. The number of carbonyl (C=O) groups excluding carboxylic acids is 3. The van der Waals surface area contributed by atoms with Crippen molar-refractivity contribution in [1.29, 1.82) is 0 Å². The summed E-state index contributed by atoms with van der Waals surface area (Å²) in [6.45, 7) is 0.117. The molecule has 1 heterocycles. The molecule has 0 unspecified atom stereocenters. The smallest absolute Gasteiger partial charge is 0.338 e. The Hall–Kier alpha value is -2.93. The molecule has 1 aliphatic rings. The van der Waals surface area contributed by atoms with Gasteiger partial charge >= 0.3 is 5.97 Å². The van der Waals surface area contributed by atoms with Gasteiger partial charge < -0.3 is 14.5 Å². The largest absolute Gasteiger partial charge is 0.452 e. The fraction of sp³-hybridized carbons (Fsp3) is 0.286. The molecule has 6 nitrogen and oxygen atoms in total. The Morgan fingerprint density at radius 3 is 2.69 bits per heavy atom. The van der Waals surface area contributed by atoms with Gasteiger partial charge in [-0.2, -0.15) is 0 Å². The van der Waals surface area contributed by atoms with Gasteiger partial charge in [0.05, 0.1) is 16.3 Å². The van der Waals surface area contributed by atoms with E-state index >= 15 is 0 Å². The molecule has 0 radical (unpaired) electrons. The highest BCUT2D eigenvalue weighted by atomic mass is 35.5. The van der Waals surface area contributed by atoms with E-state index < -0.39 is 24.3 Å². The van der Waals surface area contributed by atoms with E-state index in [9.17, 15) is 18.8 Å². The molecule has 8 heteroatoms. The van der Waals surface area contributed by atoms with Crippen molar-refractivity contribution < 1.29 is 23.5 Å². The number of likely N-dealkylation sites (N-methyl/N-ethyl adjacent to an activating group) is 1. The summed E-state index contributed by atoms with van der Waals surface area (Å²) in [7, 11) is 1.50. The summed E-state index contributed by atoms with van der Waals surface area (Å²) in [6.07, 6.45) is 1.17. The van der Waals surface area contributed by atoms with Gasteiger partial charge in [0.2, 0.25) is 5.91 Å². The lowest BCUT2D eigenvalue weighted by Gasteiger charge is -2.19. The number of carbonyl (C=O) groups is 3. The van der Waals surface area contributed by atoms with Crippen LogP contribution in [0, 0.1) is 5.82 Å². The van der Waals surface area contributed by atoms with Crippen LogP contribution in [0.1, 0.15) is 28.8 Å². The number of nitrogens with zero attached hydrogens (tertiary/aromatic N) is 2. The van der Waals surface area contributed by atoms with Crippen molar-refractivity contribution >= 4 is 35.1 Å². The van der Waals surface area contributed by atoms with Gasteiger partial charge in [-0.05, 0) is 30.7 Å². The van der Waals surface area contributed by atoms with E-state index in [2.05, 4.69) is 0 Å². The number of rotatable bonds is 6. The third kappa shape index (κ3) is 4.92. The Labute approximate surface area is 172 Å². The number of esters is 1. The van der Waals surface area contributed by atoms with Crippen LogP contribution in [0.15, 0.2) is 42.5 Å². The Morgan fingerprint density at radius 2 is 2.00 bits per heavy atom. The maximum atomic E-state index is 13.7. The monoisotopic (exact) mass is 418 g/mol. The van der Waals surface area contributed by atoms with Crippen LogP contribution in [0.3, 0.4) is 0 Å². The van der Waals surface area contributed by atoms with Gasteiger partial charge in [-0.15, -0.1) is 0 Å². The molecule has 1 saturated heterocycles. The van der Waals surface area contributed by atoms with Gasteiger partial charge in [0.25, 0.3) is 5.91 Å². The maximum absolute atomic E-state index is 13.7. The van der Waals surface area contributed by atoms with E-state index in [0.29, 0.717) is 29.2 Å². The topological polar surface area (TPSA) is 66.9 Å². The van der Waals surface area contributed by atoms with Crippen LogP contribution < -0.4 is 4.90 Å². The van der Waals surface area contributed by atoms with E-state index in [-0.39, 0.29) is 18.0 Å². The highest BCUT2D eigenvalue weighted by Crippen LogP contribution is 2.30. The number of hydrogen-bond acceptors (Lipinski definition) is 4. The van der Waals surface area contributed by atoms with Crippen LogP contribution in [0.5, 0.6) is 0 Å². The molecule has 0 N–H and O–H groups in total. The van der Waals surface area contributed by atoms with E-state index in [4.69, 9.17) is 16.3 Å². The van der Waals surface area contributed by atoms with E-state index in [1.807, 2.05) is 0 Å². The van der Waals surface area contributed by atoms with Crippen molar-refractivity contribution in [2.75, 3.05) is 25.1 Å². The molecule has 0 aliphatic carbocycles. The van der Waals surface area contributed by atoms with Crippen LogP contribution >= 0.6 is 11.6 Å². The minimum absolute atomic E-state index is 0.0534. The fourth-order valence-corrected chi connectivity index (χ4v) is 3.26. The van der Waals surface area contributed by atoms with Crippen molar-refractivity contribution in [3.05, 3.63) is 64.4 Å². The number of halogens is 2. The second-order valence-corrected chi connectivity index (χ2v) is 7.14. The van der Waals surface area contributed by atoms with Crippen molar-refractivity contribution in [1.82, 2.24) is 4.90 Å². The SMILES string of the molecule is CN(Cc1ccccc1F)C(=O)COC(=O)c1ccc(Cl)c(N2CCCC2=O)c1. The first-order valence-electron chi connectivity index (χ1n) is 9.11. The average Bonchev–Trinajstić information content (AvgIpc) is 3.13. The zero-order valence-electron chi connectivity index (χ0n) is 15.9.